The van der Waals surface area contributed by atoms with Gasteiger partial charge >= 0.3 is 0 Å². The average Bonchev–Trinajstić information content (AvgIpc) is 3.72. The smallest absolute Gasteiger partial charge is 0.160 e. The first kappa shape index (κ1) is 26.7. The van der Waals surface area contributed by atoms with E-state index in [1.165, 1.54) is 5.39 Å². The zero-order valence-electron chi connectivity index (χ0n) is 25.7. The fourth-order valence-corrected chi connectivity index (χ4v) is 7.05. The molecule has 0 aliphatic carbocycles. The van der Waals surface area contributed by atoms with Crippen LogP contribution >= 0.6 is 0 Å². The highest BCUT2D eigenvalue weighted by atomic mass is 16.3. The van der Waals surface area contributed by atoms with Crippen molar-refractivity contribution in [1.29, 1.82) is 0 Å². The van der Waals surface area contributed by atoms with Crippen LogP contribution in [-0.2, 0) is 0 Å². The molecule has 48 heavy (non-hydrogen) atoms. The van der Waals surface area contributed by atoms with Gasteiger partial charge in [0.05, 0.1) is 11.4 Å². The number of para-hydroxylation sites is 1. The number of hydrogen-bond donors (Lipinski definition) is 0. The zero-order valence-corrected chi connectivity index (χ0v) is 25.7. The number of aromatic nitrogens is 2. The molecule has 3 aromatic heterocycles. The molecule has 0 atom stereocenters. The minimum absolute atomic E-state index is 0.648. The lowest BCUT2D eigenvalue weighted by Gasteiger charge is -2.12. The molecule has 0 unspecified atom stereocenters. The molecule has 0 aliphatic rings. The third kappa shape index (κ3) is 4.16. The Morgan fingerprint density at radius 3 is 1.83 bits per heavy atom. The van der Waals surface area contributed by atoms with E-state index in [0.717, 1.165) is 88.5 Å². The van der Waals surface area contributed by atoms with Crippen molar-refractivity contribution in [1.82, 2.24) is 9.97 Å². The number of hydrogen-bond acceptors (Lipinski definition) is 4. The molecular formula is C44H26N2O2. The summed E-state index contributed by atoms with van der Waals surface area (Å²) in [7, 11) is 0. The fraction of sp³-hybridized carbons (Fsp3) is 0. The summed E-state index contributed by atoms with van der Waals surface area (Å²) in [6, 6.07) is 54.2. The van der Waals surface area contributed by atoms with Gasteiger partial charge in [0.15, 0.2) is 5.82 Å². The summed E-state index contributed by atoms with van der Waals surface area (Å²) in [6.07, 6.45) is 0. The van der Waals surface area contributed by atoms with Gasteiger partial charge in [0.25, 0.3) is 0 Å². The van der Waals surface area contributed by atoms with Crippen LogP contribution in [0.2, 0.25) is 0 Å². The molecule has 0 fully saturated rings. The molecule has 4 heteroatoms. The number of fused-ring (bicyclic) bond motifs is 7. The molecule has 7 aromatic carbocycles. The van der Waals surface area contributed by atoms with Gasteiger partial charge in [-0.3, -0.25) is 0 Å². The van der Waals surface area contributed by atoms with Gasteiger partial charge in [-0.2, -0.15) is 0 Å². The maximum atomic E-state index is 6.84. The Hall–Kier alpha value is -6.52. The summed E-state index contributed by atoms with van der Waals surface area (Å²) in [6.45, 7) is 0. The fourth-order valence-electron chi connectivity index (χ4n) is 7.05. The van der Waals surface area contributed by atoms with Crippen LogP contribution in [0.4, 0.5) is 0 Å². The van der Waals surface area contributed by atoms with E-state index in [2.05, 4.69) is 103 Å². The predicted octanol–water partition coefficient (Wildman–Crippen LogP) is 12.1. The lowest BCUT2D eigenvalue weighted by atomic mass is 9.95. The summed E-state index contributed by atoms with van der Waals surface area (Å²) in [4.78, 5) is 10.4. The van der Waals surface area contributed by atoms with Gasteiger partial charge in [-0.1, -0.05) is 121 Å². The molecule has 10 aromatic rings. The van der Waals surface area contributed by atoms with Gasteiger partial charge in [0.2, 0.25) is 0 Å². The molecule has 0 amide bonds. The predicted molar refractivity (Wildman–Crippen MR) is 196 cm³/mol. The van der Waals surface area contributed by atoms with Crippen molar-refractivity contribution >= 4 is 54.6 Å². The number of rotatable bonds is 4. The summed E-state index contributed by atoms with van der Waals surface area (Å²) in [5.74, 6) is 0.648. The quantitative estimate of drug-likeness (QED) is 0.198. The maximum Gasteiger partial charge on any atom is 0.160 e. The summed E-state index contributed by atoms with van der Waals surface area (Å²) < 4.78 is 13.1. The van der Waals surface area contributed by atoms with Gasteiger partial charge in [-0.05, 0) is 58.3 Å². The molecule has 0 aliphatic heterocycles. The minimum Gasteiger partial charge on any atom is -0.456 e. The van der Waals surface area contributed by atoms with Crippen molar-refractivity contribution < 1.29 is 8.83 Å². The normalized spacial score (nSPS) is 11.8. The van der Waals surface area contributed by atoms with Crippen LogP contribution in [0.25, 0.3) is 99.7 Å². The number of nitrogens with zero attached hydrogens (tertiary/aromatic N) is 2. The van der Waals surface area contributed by atoms with Crippen molar-refractivity contribution in [3.63, 3.8) is 0 Å². The topological polar surface area (TPSA) is 52.1 Å². The van der Waals surface area contributed by atoms with E-state index in [9.17, 15) is 0 Å². The van der Waals surface area contributed by atoms with Crippen LogP contribution < -0.4 is 0 Å². The molecule has 0 saturated carbocycles. The largest absolute Gasteiger partial charge is 0.456 e. The molecule has 3 heterocycles. The second-order valence-electron chi connectivity index (χ2n) is 12.1. The molecule has 4 nitrogen and oxygen atoms in total. The van der Waals surface area contributed by atoms with E-state index in [1.54, 1.807) is 0 Å². The summed E-state index contributed by atoms with van der Waals surface area (Å²) in [5, 5.41) is 6.57. The van der Waals surface area contributed by atoms with Crippen LogP contribution in [0.5, 0.6) is 0 Å². The Kier molecular flexibility index (Phi) is 5.84. The summed E-state index contributed by atoms with van der Waals surface area (Å²) >= 11 is 0. The van der Waals surface area contributed by atoms with E-state index >= 15 is 0 Å². The SMILES string of the molecule is c1ccc(-c2nc(-c3ccc(-c4ccccc4)c4c3oc3cc5ccccc5cc34)cc(-c3cccc4oc5ccccc5c34)n2)cc1. The summed E-state index contributed by atoms with van der Waals surface area (Å²) in [5.41, 5.74) is 10.0. The van der Waals surface area contributed by atoms with E-state index < -0.39 is 0 Å². The molecule has 0 spiro atoms. The Bertz CT molecular complexity index is 2830. The average molecular weight is 615 g/mol. The van der Waals surface area contributed by atoms with Crippen LogP contribution in [0.1, 0.15) is 0 Å². The highest BCUT2D eigenvalue weighted by molar-refractivity contribution is 6.19. The van der Waals surface area contributed by atoms with Crippen LogP contribution in [-0.4, -0.2) is 9.97 Å². The minimum atomic E-state index is 0.648. The second kappa shape index (κ2) is 10.5. The molecule has 0 bridgehead atoms. The van der Waals surface area contributed by atoms with Crippen LogP contribution in [0.3, 0.4) is 0 Å². The third-order valence-electron chi connectivity index (χ3n) is 9.28. The van der Waals surface area contributed by atoms with E-state index in [-0.39, 0.29) is 0 Å². The van der Waals surface area contributed by atoms with Crippen molar-refractivity contribution in [3.8, 4) is 45.0 Å². The van der Waals surface area contributed by atoms with E-state index in [0.29, 0.717) is 5.82 Å². The Morgan fingerprint density at radius 2 is 1.02 bits per heavy atom. The Morgan fingerprint density at radius 1 is 0.375 bits per heavy atom. The monoisotopic (exact) mass is 614 g/mol. The Balaban J connectivity index is 1.29. The lowest BCUT2D eigenvalue weighted by Crippen LogP contribution is -1.96. The van der Waals surface area contributed by atoms with Gasteiger partial charge in [0.1, 0.15) is 22.3 Å². The standard InChI is InChI=1S/C44H26N2O2/c1-3-12-27(13-4-1)31-22-23-33(43-42(31)35-24-29-16-7-8-17-30(29)25-40(35)48-43)37-26-36(45-44(46-37)28-14-5-2-6-15-28)32-19-11-21-39-41(32)34-18-9-10-20-38(34)47-39/h1-26H. The first-order valence-corrected chi connectivity index (χ1v) is 16.1. The van der Waals surface area contributed by atoms with Gasteiger partial charge in [-0.25, -0.2) is 9.97 Å². The molecular weight excluding hydrogens is 588 g/mol. The van der Waals surface area contributed by atoms with Crippen molar-refractivity contribution in [2.75, 3.05) is 0 Å². The first-order valence-electron chi connectivity index (χ1n) is 16.1. The highest BCUT2D eigenvalue weighted by Gasteiger charge is 2.21. The molecule has 0 saturated heterocycles. The van der Waals surface area contributed by atoms with Crippen molar-refractivity contribution in [2.45, 2.75) is 0 Å². The van der Waals surface area contributed by atoms with E-state index in [1.807, 2.05) is 54.6 Å². The second-order valence-corrected chi connectivity index (χ2v) is 12.1. The van der Waals surface area contributed by atoms with Crippen molar-refractivity contribution in [3.05, 3.63) is 158 Å². The van der Waals surface area contributed by atoms with Gasteiger partial charge in [0, 0.05) is 38.2 Å². The zero-order chi connectivity index (χ0) is 31.6. The lowest BCUT2D eigenvalue weighted by molar-refractivity contribution is 0.669. The Labute approximate surface area is 275 Å². The van der Waals surface area contributed by atoms with Gasteiger partial charge < -0.3 is 8.83 Å². The number of furan rings is 2. The maximum absolute atomic E-state index is 6.84. The van der Waals surface area contributed by atoms with Crippen LogP contribution in [0.15, 0.2) is 167 Å². The first-order chi connectivity index (χ1) is 23.8. The molecule has 10 rings (SSSR count). The van der Waals surface area contributed by atoms with Crippen LogP contribution in [0, 0.1) is 0 Å². The molecule has 0 N–H and O–H groups in total. The number of benzene rings is 7. The molecule has 224 valence electrons. The molecule has 0 radical (unpaired) electrons. The third-order valence-corrected chi connectivity index (χ3v) is 9.28. The van der Waals surface area contributed by atoms with E-state index in [4.69, 9.17) is 18.8 Å². The van der Waals surface area contributed by atoms with Gasteiger partial charge in [-0.15, -0.1) is 0 Å². The highest BCUT2D eigenvalue weighted by Crippen LogP contribution is 2.44. The van der Waals surface area contributed by atoms with Crippen molar-refractivity contribution in [2.24, 2.45) is 0 Å².